The number of phosphoric ester groups is 1. The molecule has 0 aliphatic heterocycles. The Morgan fingerprint density at radius 1 is 0.392 bits per heavy atom. The minimum atomic E-state index is -4.76. The van der Waals surface area contributed by atoms with Gasteiger partial charge in [-0.1, -0.05) is 214 Å². The number of hydrogen-bond donors (Lipinski definition) is 2. The van der Waals surface area contributed by atoms with E-state index >= 15 is 0 Å². The molecule has 0 radical (unpaired) electrons. The van der Waals surface area contributed by atoms with Crippen LogP contribution in [0.5, 0.6) is 0 Å². The van der Waals surface area contributed by atoms with Crippen molar-refractivity contribution < 1.29 is 52.2 Å². The number of carbonyl (C=O) groups excluding carboxylic acids is 3. The number of allylic oxidation sites excluding steroid dienone is 18. The summed E-state index contributed by atoms with van der Waals surface area (Å²) in [5.41, 5.74) is 0. The maximum atomic E-state index is 12.9. The molecule has 422 valence electrons. The fraction of sp³-hybridized carbons (Fsp3) is 0.661. The fourth-order valence-corrected chi connectivity index (χ4v) is 8.16. The van der Waals surface area contributed by atoms with E-state index in [1.165, 1.54) is 44.9 Å². The molecule has 0 saturated carbocycles. The number of hydrogen-bond acceptors (Lipinski definition) is 10. The van der Waals surface area contributed by atoms with Crippen molar-refractivity contribution in [2.24, 2.45) is 0 Å². The van der Waals surface area contributed by atoms with E-state index in [1.54, 1.807) is 0 Å². The van der Waals surface area contributed by atoms with Crippen LogP contribution in [0, 0.1) is 0 Å². The molecule has 0 fully saturated rings. The summed E-state index contributed by atoms with van der Waals surface area (Å²) in [5.74, 6) is -1.54. The van der Waals surface area contributed by atoms with Gasteiger partial charge >= 0.3 is 25.7 Å². The summed E-state index contributed by atoms with van der Waals surface area (Å²) in [5, 5.41) is 9.80. The standard InChI is InChI=1S/C62H103O11P/c1-4-7-10-13-16-19-22-24-26-28-29-31-32-34-37-39-42-45-48-51-60(64)69-55-59(73-62(66)53-50-47-44-41-38-35-33-30-27-25-23-20-17-14-11-8-5-2)57-71-74(67,68)70-56-58(54-63)72-61(65)52-49-46-43-40-36-21-18-15-12-9-6-3/h7-8,10-11,16-17,19-20,24-27,29,31,33-35,37,58-59,63H,4-6,9,12-15,18,21-23,28,30,32,36,38-57H2,1-3H3,(H,67,68)/b10-7-,11-8-,19-16-,20-17-,26-24-,27-25-,31-29-,35-33-,37-34-. The lowest BCUT2D eigenvalue weighted by atomic mass is 10.1. The molecule has 11 nitrogen and oxygen atoms in total. The zero-order valence-corrected chi connectivity index (χ0v) is 47.4. The third-order valence-electron chi connectivity index (χ3n) is 11.7. The monoisotopic (exact) mass is 1050 g/mol. The Bertz CT molecular complexity index is 1660. The van der Waals surface area contributed by atoms with Crippen LogP contribution in [0.3, 0.4) is 0 Å². The van der Waals surface area contributed by atoms with Crippen molar-refractivity contribution in [1.82, 2.24) is 0 Å². The summed E-state index contributed by atoms with van der Waals surface area (Å²) in [4.78, 5) is 48.5. The van der Waals surface area contributed by atoms with Crippen LogP contribution in [0.15, 0.2) is 109 Å². The van der Waals surface area contributed by atoms with Crippen LogP contribution in [-0.2, 0) is 42.2 Å². The summed E-state index contributed by atoms with van der Waals surface area (Å²) >= 11 is 0. The van der Waals surface area contributed by atoms with Gasteiger partial charge in [0.05, 0.1) is 19.8 Å². The van der Waals surface area contributed by atoms with Crippen molar-refractivity contribution in [1.29, 1.82) is 0 Å². The predicted molar refractivity (Wildman–Crippen MR) is 307 cm³/mol. The van der Waals surface area contributed by atoms with E-state index in [4.69, 9.17) is 23.3 Å². The first-order valence-electron chi connectivity index (χ1n) is 28.8. The molecule has 0 aliphatic rings. The molecule has 2 N–H and O–H groups in total. The van der Waals surface area contributed by atoms with E-state index in [0.717, 1.165) is 122 Å². The highest BCUT2D eigenvalue weighted by molar-refractivity contribution is 7.47. The number of ether oxygens (including phenoxy) is 3. The van der Waals surface area contributed by atoms with E-state index in [-0.39, 0.29) is 25.9 Å². The van der Waals surface area contributed by atoms with Crippen molar-refractivity contribution in [3.8, 4) is 0 Å². The van der Waals surface area contributed by atoms with Crippen LogP contribution in [0.2, 0.25) is 0 Å². The molecule has 3 unspecified atom stereocenters. The highest BCUT2D eigenvalue weighted by atomic mass is 31.2. The van der Waals surface area contributed by atoms with Gasteiger partial charge < -0.3 is 24.2 Å². The second-order valence-electron chi connectivity index (χ2n) is 18.7. The zero-order chi connectivity index (χ0) is 54.1. The lowest BCUT2D eigenvalue weighted by Crippen LogP contribution is -2.30. The van der Waals surface area contributed by atoms with Crippen molar-refractivity contribution in [3.05, 3.63) is 109 Å². The summed E-state index contributed by atoms with van der Waals surface area (Å²) in [6, 6.07) is 0. The van der Waals surface area contributed by atoms with Gasteiger partial charge in [-0.25, -0.2) is 4.57 Å². The molecule has 0 aliphatic carbocycles. The molecule has 0 aromatic heterocycles. The molecular formula is C62H103O11P. The van der Waals surface area contributed by atoms with Gasteiger partial charge in [0.1, 0.15) is 12.7 Å². The van der Waals surface area contributed by atoms with Crippen molar-refractivity contribution in [2.75, 3.05) is 26.4 Å². The van der Waals surface area contributed by atoms with E-state index in [1.807, 2.05) is 0 Å². The van der Waals surface area contributed by atoms with E-state index in [9.17, 15) is 28.9 Å². The summed E-state index contributed by atoms with van der Waals surface area (Å²) < 4.78 is 39.4. The third-order valence-corrected chi connectivity index (χ3v) is 12.6. The van der Waals surface area contributed by atoms with Crippen LogP contribution in [0.1, 0.15) is 226 Å². The van der Waals surface area contributed by atoms with Gasteiger partial charge in [0.2, 0.25) is 0 Å². The van der Waals surface area contributed by atoms with Gasteiger partial charge in [0.25, 0.3) is 0 Å². The number of aliphatic hydroxyl groups is 1. The second-order valence-corrected chi connectivity index (χ2v) is 20.1. The average molecular weight is 1060 g/mol. The first kappa shape index (κ1) is 70.1. The molecule has 12 heteroatoms. The molecule has 0 heterocycles. The van der Waals surface area contributed by atoms with Gasteiger partial charge in [-0.05, 0) is 103 Å². The summed E-state index contributed by atoms with van der Waals surface area (Å²) in [7, 11) is -4.76. The highest BCUT2D eigenvalue weighted by Gasteiger charge is 2.28. The molecule has 0 rings (SSSR count). The van der Waals surface area contributed by atoms with E-state index < -0.39 is 57.8 Å². The van der Waals surface area contributed by atoms with Crippen LogP contribution >= 0.6 is 7.82 Å². The molecule has 3 atom stereocenters. The molecule has 0 aromatic rings. The number of esters is 3. The van der Waals surface area contributed by atoms with Crippen molar-refractivity contribution in [3.63, 3.8) is 0 Å². The number of rotatable bonds is 52. The Labute approximate surface area is 450 Å². The maximum absolute atomic E-state index is 12.9. The molecule has 0 aromatic carbocycles. The summed E-state index contributed by atoms with van der Waals surface area (Å²) in [6.07, 6.45) is 66.2. The highest BCUT2D eigenvalue weighted by Crippen LogP contribution is 2.43. The van der Waals surface area contributed by atoms with Crippen LogP contribution in [-0.4, -0.2) is 66.5 Å². The fourth-order valence-electron chi connectivity index (χ4n) is 7.37. The van der Waals surface area contributed by atoms with Gasteiger partial charge in [-0.2, -0.15) is 0 Å². The number of aliphatic hydroxyl groups excluding tert-OH is 1. The van der Waals surface area contributed by atoms with Gasteiger partial charge in [0.15, 0.2) is 6.10 Å². The molecular weight excluding hydrogens is 952 g/mol. The van der Waals surface area contributed by atoms with Crippen LogP contribution < -0.4 is 0 Å². The normalized spacial score (nSPS) is 14.2. The maximum Gasteiger partial charge on any atom is 0.472 e. The van der Waals surface area contributed by atoms with Crippen LogP contribution in [0.25, 0.3) is 0 Å². The summed E-state index contributed by atoms with van der Waals surface area (Å²) in [6.45, 7) is 4.33. The van der Waals surface area contributed by atoms with Crippen LogP contribution in [0.4, 0.5) is 0 Å². The minimum absolute atomic E-state index is 0.127. The third kappa shape index (κ3) is 53.0. The SMILES string of the molecule is CC/C=C\C/C=C\C/C=C\C/C=C\C/C=C\CCCCCC(=O)OCC(COP(=O)(O)OCC(CO)OC(=O)CCCCCCCCCCCCC)OC(=O)CCCCCC/C=C\C/C=C\C/C=C\C/C=C\CC. The number of carbonyl (C=O) groups is 3. The smallest absolute Gasteiger partial charge is 0.462 e. The zero-order valence-electron chi connectivity index (χ0n) is 46.5. The van der Waals surface area contributed by atoms with Crippen molar-refractivity contribution >= 4 is 25.7 Å². The number of unbranched alkanes of at least 4 members (excludes halogenated alkanes) is 17. The molecule has 0 bridgehead atoms. The molecule has 0 saturated heterocycles. The topological polar surface area (TPSA) is 155 Å². The Hall–Kier alpha value is -3.86. The molecule has 74 heavy (non-hydrogen) atoms. The first-order valence-corrected chi connectivity index (χ1v) is 30.3. The van der Waals surface area contributed by atoms with Gasteiger partial charge in [-0.3, -0.25) is 23.4 Å². The first-order chi connectivity index (χ1) is 36.2. The van der Waals surface area contributed by atoms with E-state index in [0.29, 0.717) is 19.3 Å². The largest absolute Gasteiger partial charge is 0.472 e. The lowest BCUT2D eigenvalue weighted by Gasteiger charge is -2.21. The lowest BCUT2D eigenvalue weighted by molar-refractivity contribution is -0.161. The quantitative estimate of drug-likeness (QED) is 0.0197. The van der Waals surface area contributed by atoms with Gasteiger partial charge in [0, 0.05) is 19.3 Å². The second kappa shape index (κ2) is 55.4. The Balaban J connectivity index is 4.84. The van der Waals surface area contributed by atoms with E-state index in [2.05, 4.69) is 130 Å². The Kier molecular flexibility index (Phi) is 52.5. The number of phosphoric acid groups is 1. The Morgan fingerprint density at radius 3 is 1.09 bits per heavy atom. The Morgan fingerprint density at radius 2 is 0.703 bits per heavy atom. The molecule has 0 amide bonds. The minimum Gasteiger partial charge on any atom is -0.462 e. The molecule has 0 spiro atoms. The van der Waals surface area contributed by atoms with Gasteiger partial charge in [-0.15, -0.1) is 0 Å². The van der Waals surface area contributed by atoms with Crippen molar-refractivity contribution in [2.45, 2.75) is 238 Å². The average Bonchev–Trinajstić information content (AvgIpc) is 3.39. The predicted octanol–water partition coefficient (Wildman–Crippen LogP) is 17.0.